The van der Waals surface area contributed by atoms with Gasteiger partial charge in [0.25, 0.3) is 5.91 Å². The Morgan fingerprint density at radius 2 is 1.93 bits per heavy atom. The van der Waals surface area contributed by atoms with Gasteiger partial charge in [-0.05, 0) is 43.2 Å². The van der Waals surface area contributed by atoms with Crippen LogP contribution >= 0.6 is 0 Å². The lowest BCUT2D eigenvalue weighted by atomic mass is 9.83. The topological polar surface area (TPSA) is 93.8 Å². The van der Waals surface area contributed by atoms with Crippen molar-refractivity contribution in [2.75, 3.05) is 26.2 Å². The van der Waals surface area contributed by atoms with Crippen molar-refractivity contribution in [1.29, 1.82) is 5.26 Å². The molecule has 5 heterocycles. The maximum absolute atomic E-state index is 13.7. The number of hydrogen-bond donors (Lipinski definition) is 1. The number of fused-ring (bicyclic) bond motifs is 1. The highest BCUT2D eigenvalue weighted by molar-refractivity contribution is 5.94. The summed E-state index contributed by atoms with van der Waals surface area (Å²) in [6.07, 6.45) is 4.11. The van der Waals surface area contributed by atoms with Gasteiger partial charge in [-0.25, -0.2) is 14.4 Å². The fourth-order valence-corrected chi connectivity index (χ4v) is 5.91. The molecule has 0 atom stereocenters. The Bertz CT molecular complexity index is 1600. The standard InChI is InChI=1S/C28H25F4N7O/c29-23-2-1-18(13-22(23)28(30,31)32)26(40)37-10-5-20(6-11-37)38-15-27(16-38,7-8-33)39-12-4-19(14-39)24-21-3-9-34-25(21)36-17-35-24/h1-4,9,12-14,17,20H,5-7,10-11,15-16H2,(H,34,35,36). The van der Waals surface area contributed by atoms with Gasteiger partial charge in [0.15, 0.2) is 0 Å². The number of likely N-dealkylation sites (tertiary alicyclic amines) is 2. The average molecular weight is 552 g/mol. The molecule has 1 amide bonds. The summed E-state index contributed by atoms with van der Waals surface area (Å²) in [4.78, 5) is 28.5. The Morgan fingerprint density at radius 3 is 2.65 bits per heavy atom. The number of H-pyrrole nitrogens is 1. The van der Waals surface area contributed by atoms with Crippen molar-refractivity contribution in [1.82, 2.24) is 29.3 Å². The first-order valence-corrected chi connectivity index (χ1v) is 12.9. The van der Waals surface area contributed by atoms with Gasteiger partial charge in [0.1, 0.15) is 17.8 Å². The number of nitriles is 1. The Morgan fingerprint density at radius 1 is 1.15 bits per heavy atom. The number of halogens is 4. The number of hydrogen-bond acceptors (Lipinski definition) is 5. The minimum atomic E-state index is -4.87. The van der Waals surface area contributed by atoms with Crippen LogP contribution in [-0.4, -0.2) is 67.4 Å². The van der Waals surface area contributed by atoms with Gasteiger partial charge in [0.2, 0.25) is 0 Å². The molecule has 6 rings (SSSR count). The van der Waals surface area contributed by atoms with Crippen molar-refractivity contribution in [3.8, 4) is 17.3 Å². The van der Waals surface area contributed by atoms with E-state index in [1.165, 1.54) is 11.2 Å². The minimum absolute atomic E-state index is 0.173. The lowest BCUT2D eigenvalue weighted by Gasteiger charge is -2.54. The average Bonchev–Trinajstić information content (AvgIpc) is 3.60. The number of nitrogens with one attached hydrogen (secondary N) is 1. The third-order valence-corrected chi connectivity index (χ3v) is 8.06. The van der Waals surface area contributed by atoms with Gasteiger partial charge in [-0.2, -0.15) is 18.4 Å². The van der Waals surface area contributed by atoms with Gasteiger partial charge in [0.05, 0.1) is 29.3 Å². The zero-order chi connectivity index (χ0) is 28.1. The number of nitrogens with zero attached hydrogens (tertiary/aromatic N) is 6. The molecule has 4 aromatic rings. The van der Waals surface area contributed by atoms with Gasteiger partial charge in [-0.15, -0.1) is 0 Å². The number of alkyl halides is 3. The number of amides is 1. The van der Waals surface area contributed by atoms with Gasteiger partial charge < -0.3 is 14.5 Å². The van der Waals surface area contributed by atoms with Crippen molar-refractivity contribution in [3.05, 3.63) is 72.2 Å². The summed E-state index contributed by atoms with van der Waals surface area (Å²) in [6.45, 7) is 2.11. The van der Waals surface area contributed by atoms with Crippen molar-refractivity contribution in [2.45, 2.75) is 37.0 Å². The monoisotopic (exact) mass is 551 g/mol. The van der Waals surface area contributed by atoms with Crippen LogP contribution in [-0.2, 0) is 11.7 Å². The second-order valence-electron chi connectivity index (χ2n) is 10.4. The molecule has 0 radical (unpaired) electrons. The molecule has 2 aliphatic heterocycles. The molecule has 1 N–H and O–H groups in total. The van der Waals surface area contributed by atoms with Crippen LogP contribution in [0.3, 0.4) is 0 Å². The van der Waals surface area contributed by atoms with E-state index in [0.717, 1.165) is 28.4 Å². The fraction of sp³-hybridized carbons (Fsp3) is 0.357. The molecule has 2 aliphatic rings. The maximum Gasteiger partial charge on any atom is 0.419 e. The molecule has 1 aromatic carbocycles. The van der Waals surface area contributed by atoms with Crippen LogP contribution in [0.25, 0.3) is 22.3 Å². The van der Waals surface area contributed by atoms with E-state index in [1.807, 2.05) is 30.7 Å². The van der Waals surface area contributed by atoms with Crippen LogP contribution in [0, 0.1) is 17.1 Å². The maximum atomic E-state index is 13.7. The largest absolute Gasteiger partial charge is 0.419 e. The van der Waals surface area contributed by atoms with E-state index >= 15 is 0 Å². The molecule has 12 heteroatoms. The molecule has 0 bridgehead atoms. The quantitative estimate of drug-likeness (QED) is 0.359. The minimum Gasteiger partial charge on any atom is -0.346 e. The summed E-state index contributed by atoms with van der Waals surface area (Å²) in [6, 6.07) is 8.81. The molecule has 206 valence electrons. The molecule has 0 saturated carbocycles. The smallest absolute Gasteiger partial charge is 0.346 e. The highest BCUT2D eigenvalue weighted by atomic mass is 19.4. The molecule has 8 nitrogen and oxygen atoms in total. The fourth-order valence-electron chi connectivity index (χ4n) is 5.91. The van der Waals surface area contributed by atoms with E-state index < -0.39 is 23.5 Å². The highest BCUT2D eigenvalue weighted by Gasteiger charge is 2.47. The number of aromatic amines is 1. The van der Waals surface area contributed by atoms with Crippen LogP contribution in [0.15, 0.2) is 55.2 Å². The van der Waals surface area contributed by atoms with E-state index in [4.69, 9.17) is 0 Å². The van der Waals surface area contributed by atoms with E-state index in [-0.39, 0.29) is 17.1 Å². The first-order valence-electron chi connectivity index (χ1n) is 12.9. The molecule has 40 heavy (non-hydrogen) atoms. The summed E-state index contributed by atoms with van der Waals surface area (Å²) in [7, 11) is 0. The lowest BCUT2D eigenvalue weighted by molar-refractivity contribution is -0.140. The Labute approximate surface area is 226 Å². The SMILES string of the molecule is N#CCC1(n2ccc(-c3ncnc4[nH]ccc34)c2)CN(C2CCN(C(=O)c3ccc(F)c(C(F)(F)F)c3)CC2)C1. The van der Waals surface area contributed by atoms with Crippen LogP contribution in [0.5, 0.6) is 0 Å². The predicted octanol–water partition coefficient (Wildman–Crippen LogP) is 4.81. The summed E-state index contributed by atoms with van der Waals surface area (Å²) < 4.78 is 55.0. The van der Waals surface area contributed by atoms with E-state index in [9.17, 15) is 27.6 Å². The number of piperidine rings is 1. The summed E-state index contributed by atoms with van der Waals surface area (Å²) >= 11 is 0. The number of carbonyl (C=O) groups is 1. The van der Waals surface area contributed by atoms with Crippen LogP contribution < -0.4 is 0 Å². The van der Waals surface area contributed by atoms with Crippen LogP contribution in [0.2, 0.25) is 0 Å². The molecule has 3 aromatic heterocycles. The number of carbonyl (C=O) groups excluding carboxylic acids is 1. The van der Waals surface area contributed by atoms with Crippen LogP contribution in [0.1, 0.15) is 35.2 Å². The van der Waals surface area contributed by atoms with E-state index in [1.54, 1.807) is 0 Å². The molecule has 0 spiro atoms. The molecular formula is C28H25F4N7O. The third kappa shape index (κ3) is 4.50. The number of rotatable bonds is 5. The van der Waals surface area contributed by atoms with Crippen molar-refractivity contribution < 1.29 is 22.4 Å². The van der Waals surface area contributed by atoms with Crippen LogP contribution in [0.4, 0.5) is 17.6 Å². The lowest BCUT2D eigenvalue weighted by Crippen LogP contribution is -2.66. The van der Waals surface area contributed by atoms with Crippen molar-refractivity contribution >= 4 is 16.9 Å². The first kappa shape index (κ1) is 26.0. The molecule has 0 unspecified atom stereocenters. The summed E-state index contributed by atoms with van der Waals surface area (Å²) in [5, 5.41) is 10.5. The van der Waals surface area contributed by atoms with Gasteiger partial charge in [-0.1, -0.05) is 0 Å². The van der Waals surface area contributed by atoms with E-state index in [2.05, 4.69) is 30.5 Å². The first-order chi connectivity index (χ1) is 19.2. The second-order valence-corrected chi connectivity index (χ2v) is 10.4. The highest BCUT2D eigenvalue weighted by Crippen LogP contribution is 2.38. The Hall–Kier alpha value is -4.24. The zero-order valence-corrected chi connectivity index (χ0v) is 21.3. The third-order valence-electron chi connectivity index (χ3n) is 8.06. The Balaban J connectivity index is 1.11. The Kier molecular flexibility index (Phi) is 6.34. The zero-order valence-electron chi connectivity index (χ0n) is 21.3. The van der Waals surface area contributed by atoms with E-state index in [0.29, 0.717) is 57.6 Å². The van der Waals surface area contributed by atoms with Crippen molar-refractivity contribution in [2.24, 2.45) is 0 Å². The van der Waals surface area contributed by atoms with Gasteiger partial charge in [-0.3, -0.25) is 9.69 Å². The number of aromatic nitrogens is 4. The molecule has 0 aliphatic carbocycles. The molecular weight excluding hydrogens is 526 g/mol. The van der Waals surface area contributed by atoms with Gasteiger partial charge in [0, 0.05) is 67.3 Å². The normalized spacial score (nSPS) is 18.0. The van der Waals surface area contributed by atoms with Gasteiger partial charge >= 0.3 is 6.18 Å². The molecule has 2 saturated heterocycles. The second kappa shape index (κ2) is 9.75. The predicted molar refractivity (Wildman–Crippen MR) is 137 cm³/mol. The summed E-state index contributed by atoms with van der Waals surface area (Å²) in [5.74, 6) is -1.93. The summed E-state index contributed by atoms with van der Waals surface area (Å²) in [5.41, 5.74) is 0.510. The van der Waals surface area contributed by atoms with Crippen molar-refractivity contribution in [3.63, 3.8) is 0 Å². The number of benzene rings is 1. The molecule has 2 fully saturated rings.